The molecule has 2 aromatic carbocycles. The van der Waals surface area contributed by atoms with E-state index in [2.05, 4.69) is 54.2 Å². The van der Waals surface area contributed by atoms with Crippen LogP contribution in [0.5, 0.6) is 0 Å². The van der Waals surface area contributed by atoms with Crippen molar-refractivity contribution >= 4 is 17.2 Å². The van der Waals surface area contributed by atoms with Gasteiger partial charge in [-0.3, -0.25) is 0 Å². The summed E-state index contributed by atoms with van der Waals surface area (Å²) >= 11 is 0. The van der Waals surface area contributed by atoms with Crippen LogP contribution in [0.3, 0.4) is 0 Å². The Morgan fingerprint density at radius 1 is 1.14 bits per heavy atom. The van der Waals surface area contributed by atoms with E-state index >= 15 is 0 Å². The van der Waals surface area contributed by atoms with E-state index in [1.54, 1.807) is 0 Å². The summed E-state index contributed by atoms with van der Waals surface area (Å²) in [6, 6.07) is 14.3. The molecule has 2 rings (SSSR count). The Kier molecular flexibility index (Phi) is 4.48. The molecule has 21 heavy (non-hydrogen) atoms. The van der Waals surface area contributed by atoms with E-state index in [-0.39, 0.29) is 5.84 Å². The molecule has 0 saturated carbocycles. The number of nitrogens with two attached hydrogens (primary N) is 1. The third-order valence-electron chi connectivity index (χ3n) is 3.53. The minimum atomic E-state index is 0.137. The van der Waals surface area contributed by atoms with Gasteiger partial charge >= 0.3 is 0 Å². The SMILES string of the molecule is CCN(c1cccc(C)c1)c1ccc(/C(N)=N/O)c(C)c1. The zero-order chi connectivity index (χ0) is 15.4. The normalized spacial score (nSPS) is 11.5. The first-order valence-corrected chi connectivity index (χ1v) is 6.99. The standard InChI is InChI=1S/C17H21N3O/c1-4-20(14-7-5-6-12(2)10-14)15-8-9-16(13(3)11-15)17(18)19-21/h5-11,21H,4H2,1-3H3,(H2,18,19). The summed E-state index contributed by atoms with van der Waals surface area (Å²) in [6.07, 6.45) is 0. The predicted octanol–water partition coefficient (Wildman–Crippen LogP) is 3.56. The molecule has 0 amide bonds. The van der Waals surface area contributed by atoms with Gasteiger partial charge in [0.25, 0.3) is 0 Å². The Labute approximate surface area is 125 Å². The third kappa shape index (κ3) is 3.16. The van der Waals surface area contributed by atoms with Gasteiger partial charge in [0.1, 0.15) is 0 Å². The molecular formula is C17H21N3O. The number of aryl methyl sites for hydroxylation is 2. The molecule has 110 valence electrons. The highest BCUT2D eigenvalue weighted by molar-refractivity contribution is 5.98. The second-order valence-corrected chi connectivity index (χ2v) is 5.07. The summed E-state index contributed by atoms with van der Waals surface area (Å²) in [6.45, 7) is 7.03. The first-order chi connectivity index (χ1) is 10.1. The fourth-order valence-corrected chi connectivity index (χ4v) is 2.47. The third-order valence-corrected chi connectivity index (χ3v) is 3.53. The van der Waals surface area contributed by atoms with E-state index in [1.807, 2.05) is 19.1 Å². The topological polar surface area (TPSA) is 61.8 Å². The molecule has 0 atom stereocenters. The number of hydrogen-bond acceptors (Lipinski definition) is 3. The molecule has 0 fully saturated rings. The van der Waals surface area contributed by atoms with Crippen LogP contribution in [-0.4, -0.2) is 17.6 Å². The van der Waals surface area contributed by atoms with E-state index in [1.165, 1.54) is 5.56 Å². The summed E-state index contributed by atoms with van der Waals surface area (Å²) < 4.78 is 0. The largest absolute Gasteiger partial charge is 0.409 e. The van der Waals surface area contributed by atoms with Crippen LogP contribution in [0.4, 0.5) is 11.4 Å². The van der Waals surface area contributed by atoms with Crippen molar-refractivity contribution in [1.29, 1.82) is 0 Å². The molecular weight excluding hydrogens is 262 g/mol. The van der Waals surface area contributed by atoms with E-state index in [0.717, 1.165) is 29.0 Å². The summed E-state index contributed by atoms with van der Waals surface area (Å²) in [5.74, 6) is 0.137. The van der Waals surface area contributed by atoms with Crippen molar-refractivity contribution in [3.05, 3.63) is 59.2 Å². The maximum absolute atomic E-state index is 8.80. The first-order valence-electron chi connectivity index (χ1n) is 6.99. The van der Waals surface area contributed by atoms with Crippen molar-refractivity contribution < 1.29 is 5.21 Å². The van der Waals surface area contributed by atoms with Gasteiger partial charge in [-0.15, -0.1) is 0 Å². The summed E-state index contributed by atoms with van der Waals surface area (Å²) in [4.78, 5) is 2.23. The minimum Gasteiger partial charge on any atom is -0.409 e. The highest BCUT2D eigenvalue weighted by Gasteiger charge is 2.10. The van der Waals surface area contributed by atoms with Crippen LogP contribution in [0.15, 0.2) is 47.6 Å². The molecule has 0 spiro atoms. The van der Waals surface area contributed by atoms with E-state index in [0.29, 0.717) is 0 Å². The second-order valence-electron chi connectivity index (χ2n) is 5.07. The lowest BCUT2D eigenvalue weighted by Crippen LogP contribution is -2.18. The van der Waals surface area contributed by atoms with Gasteiger partial charge in [0.15, 0.2) is 5.84 Å². The lowest BCUT2D eigenvalue weighted by Gasteiger charge is -2.24. The molecule has 0 unspecified atom stereocenters. The minimum absolute atomic E-state index is 0.137. The highest BCUT2D eigenvalue weighted by Crippen LogP contribution is 2.27. The molecule has 0 bridgehead atoms. The highest BCUT2D eigenvalue weighted by atomic mass is 16.4. The number of oxime groups is 1. The average Bonchev–Trinajstić information content (AvgIpc) is 2.47. The summed E-state index contributed by atoms with van der Waals surface area (Å²) in [5, 5.41) is 11.9. The van der Waals surface area contributed by atoms with Gasteiger partial charge in [0.05, 0.1) is 0 Å². The number of hydrogen-bond donors (Lipinski definition) is 2. The van der Waals surface area contributed by atoms with Crippen molar-refractivity contribution in [2.75, 3.05) is 11.4 Å². The number of nitrogens with zero attached hydrogens (tertiary/aromatic N) is 2. The zero-order valence-electron chi connectivity index (χ0n) is 12.7. The second kappa shape index (κ2) is 6.31. The van der Waals surface area contributed by atoms with Crippen molar-refractivity contribution in [2.24, 2.45) is 10.9 Å². The smallest absolute Gasteiger partial charge is 0.170 e. The van der Waals surface area contributed by atoms with Gasteiger partial charge in [-0.2, -0.15) is 0 Å². The fourth-order valence-electron chi connectivity index (χ4n) is 2.47. The summed E-state index contributed by atoms with van der Waals surface area (Å²) in [5.41, 5.74) is 10.9. The Balaban J connectivity index is 2.42. The molecule has 4 nitrogen and oxygen atoms in total. The van der Waals surface area contributed by atoms with Gasteiger partial charge in [0, 0.05) is 23.5 Å². The summed E-state index contributed by atoms with van der Waals surface area (Å²) in [7, 11) is 0. The fraction of sp³-hybridized carbons (Fsp3) is 0.235. The molecule has 0 aliphatic rings. The lowest BCUT2D eigenvalue weighted by molar-refractivity contribution is 0.318. The van der Waals surface area contributed by atoms with Gasteiger partial charge < -0.3 is 15.8 Å². The quantitative estimate of drug-likeness (QED) is 0.390. The monoisotopic (exact) mass is 283 g/mol. The van der Waals surface area contributed by atoms with E-state index in [4.69, 9.17) is 10.9 Å². The van der Waals surface area contributed by atoms with Crippen LogP contribution < -0.4 is 10.6 Å². The van der Waals surface area contributed by atoms with Crippen LogP contribution in [0.1, 0.15) is 23.6 Å². The Morgan fingerprint density at radius 2 is 1.86 bits per heavy atom. The van der Waals surface area contributed by atoms with E-state index < -0.39 is 0 Å². The molecule has 0 heterocycles. The molecule has 0 radical (unpaired) electrons. The average molecular weight is 283 g/mol. The number of benzene rings is 2. The van der Waals surface area contributed by atoms with Crippen LogP contribution in [-0.2, 0) is 0 Å². The molecule has 0 aliphatic carbocycles. The molecule has 0 aliphatic heterocycles. The Hall–Kier alpha value is -2.49. The molecule has 4 heteroatoms. The number of rotatable bonds is 4. The van der Waals surface area contributed by atoms with Crippen LogP contribution in [0, 0.1) is 13.8 Å². The van der Waals surface area contributed by atoms with Crippen molar-refractivity contribution in [3.63, 3.8) is 0 Å². The lowest BCUT2D eigenvalue weighted by atomic mass is 10.1. The van der Waals surface area contributed by atoms with Crippen molar-refractivity contribution in [1.82, 2.24) is 0 Å². The van der Waals surface area contributed by atoms with E-state index in [9.17, 15) is 0 Å². The Morgan fingerprint density at radius 3 is 2.43 bits per heavy atom. The molecule has 0 aromatic heterocycles. The van der Waals surface area contributed by atoms with Crippen molar-refractivity contribution in [3.8, 4) is 0 Å². The van der Waals surface area contributed by atoms with Crippen LogP contribution >= 0.6 is 0 Å². The Bertz CT molecular complexity index is 665. The van der Waals surface area contributed by atoms with Gasteiger partial charge in [-0.1, -0.05) is 17.3 Å². The molecule has 3 N–H and O–H groups in total. The van der Waals surface area contributed by atoms with Crippen LogP contribution in [0.2, 0.25) is 0 Å². The maximum Gasteiger partial charge on any atom is 0.170 e. The first kappa shape index (κ1) is 14.9. The van der Waals surface area contributed by atoms with Crippen molar-refractivity contribution in [2.45, 2.75) is 20.8 Å². The van der Waals surface area contributed by atoms with Gasteiger partial charge in [0.2, 0.25) is 0 Å². The van der Waals surface area contributed by atoms with Crippen LogP contribution in [0.25, 0.3) is 0 Å². The number of amidine groups is 1. The van der Waals surface area contributed by atoms with Gasteiger partial charge in [-0.05, 0) is 62.2 Å². The predicted molar refractivity (Wildman–Crippen MR) is 87.5 cm³/mol. The maximum atomic E-state index is 8.80. The zero-order valence-corrected chi connectivity index (χ0v) is 12.7. The molecule has 2 aromatic rings. The molecule has 0 saturated heterocycles. The number of anilines is 2. The van der Waals surface area contributed by atoms with Gasteiger partial charge in [-0.25, -0.2) is 0 Å².